The summed E-state index contributed by atoms with van der Waals surface area (Å²) >= 11 is 0. The van der Waals surface area contributed by atoms with Gasteiger partial charge < -0.3 is 9.52 Å². The highest BCUT2D eigenvalue weighted by molar-refractivity contribution is 7.91. The van der Waals surface area contributed by atoms with Gasteiger partial charge in [0.1, 0.15) is 22.7 Å². The molecular weight excluding hydrogens is 450 g/mol. The number of aliphatic imine (C=N–C) groups is 1. The topological polar surface area (TPSA) is 97.7 Å². The van der Waals surface area contributed by atoms with Gasteiger partial charge in [0, 0.05) is 23.4 Å². The molecule has 0 saturated carbocycles. The molecule has 0 aliphatic rings. The maximum atomic E-state index is 12.3. The standard InChI is InChI=1S/C26H21N3O4S/c1-2-34(31,32)21-12-13-23(30)22(15-21)27-16-19-17-29(20-9-4-3-5-10-20)28-26(19)25-14-18-8-6-7-11-24(18)33-25/h3-17,30H,2H2,1H3. The van der Waals surface area contributed by atoms with Gasteiger partial charge in [-0.15, -0.1) is 0 Å². The lowest BCUT2D eigenvalue weighted by atomic mass is 10.2. The van der Waals surface area contributed by atoms with Crippen LogP contribution in [0.1, 0.15) is 12.5 Å². The van der Waals surface area contributed by atoms with Gasteiger partial charge in [0.25, 0.3) is 0 Å². The number of aromatic nitrogens is 2. The number of fused-ring (bicyclic) bond motifs is 1. The Bertz CT molecular complexity index is 1580. The zero-order valence-electron chi connectivity index (χ0n) is 18.3. The van der Waals surface area contributed by atoms with Gasteiger partial charge in [0.2, 0.25) is 0 Å². The van der Waals surface area contributed by atoms with Crippen LogP contribution >= 0.6 is 0 Å². The van der Waals surface area contributed by atoms with Gasteiger partial charge >= 0.3 is 0 Å². The second-order valence-corrected chi connectivity index (χ2v) is 9.95. The summed E-state index contributed by atoms with van der Waals surface area (Å²) in [6.07, 6.45) is 3.36. The number of rotatable bonds is 6. The molecule has 0 aliphatic carbocycles. The maximum Gasteiger partial charge on any atom is 0.178 e. The van der Waals surface area contributed by atoms with E-state index in [1.807, 2.05) is 66.9 Å². The predicted molar refractivity (Wildman–Crippen MR) is 132 cm³/mol. The van der Waals surface area contributed by atoms with Crippen molar-refractivity contribution in [1.29, 1.82) is 0 Å². The van der Waals surface area contributed by atoms with Crippen LogP contribution in [0.2, 0.25) is 0 Å². The molecule has 3 aromatic carbocycles. The van der Waals surface area contributed by atoms with Crippen LogP contribution in [0.3, 0.4) is 0 Å². The highest BCUT2D eigenvalue weighted by Crippen LogP contribution is 2.32. The summed E-state index contributed by atoms with van der Waals surface area (Å²) in [4.78, 5) is 4.51. The van der Waals surface area contributed by atoms with Crippen molar-refractivity contribution in [2.75, 3.05) is 5.75 Å². The van der Waals surface area contributed by atoms with E-state index in [0.29, 0.717) is 17.0 Å². The Kier molecular flexibility index (Phi) is 5.51. The van der Waals surface area contributed by atoms with E-state index in [9.17, 15) is 13.5 Å². The molecule has 5 rings (SSSR count). The first kappa shape index (κ1) is 21.7. The molecule has 5 aromatic rings. The van der Waals surface area contributed by atoms with Crippen molar-refractivity contribution in [2.45, 2.75) is 11.8 Å². The van der Waals surface area contributed by atoms with Gasteiger partial charge in [-0.05, 0) is 42.5 Å². The molecule has 0 saturated heterocycles. The van der Waals surface area contributed by atoms with Crippen LogP contribution in [0.25, 0.3) is 28.1 Å². The molecule has 2 heterocycles. The van der Waals surface area contributed by atoms with Crippen LogP contribution in [0, 0.1) is 0 Å². The smallest absolute Gasteiger partial charge is 0.178 e. The molecule has 34 heavy (non-hydrogen) atoms. The average Bonchev–Trinajstić information content (AvgIpc) is 3.48. The van der Waals surface area contributed by atoms with Gasteiger partial charge in [-0.1, -0.05) is 43.3 Å². The molecule has 0 amide bonds. The van der Waals surface area contributed by atoms with Crippen molar-refractivity contribution >= 4 is 32.7 Å². The fraction of sp³-hybridized carbons (Fsp3) is 0.0769. The summed E-state index contributed by atoms with van der Waals surface area (Å²) in [5.74, 6) is 0.414. The van der Waals surface area contributed by atoms with E-state index in [-0.39, 0.29) is 22.1 Å². The average molecular weight is 472 g/mol. The van der Waals surface area contributed by atoms with Crippen LogP contribution in [-0.4, -0.2) is 35.3 Å². The van der Waals surface area contributed by atoms with Crippen LogP contribution in [0.5, 0.6) is 5.75 Å². The molecule has 0 aliphatic heterocycles. The lowest BCUT2D eigenvalue weighted by molar-refractivity contribution is 0.476. The number of nitrogens with zero attached hydrogens (tertiary/aromatic N) is 3. The monoisotopic (exact) mass is 471 g/mol. The Hall–Kier alpha value is -4.17. The number of sulfone groups is 1. The Morgan fingerprint density at radius 2 is 1.79 bits per heavy atom. The number of hydrogen-bond acceptors (Lipinski definition) is 6. The first-order valence-corrected chi connectivity index (χ1v) is 12.3. The second kappa shape index (κ2) is 8.64. The largest absolute Gasteiger partial charge is 0.506 e. The van der Waals surface area contributed by atoms with Crippen molar-refractivity contribution in [3.63, 3.8) is 0 Å². The van der Waals surface area contributed by atoms with Crippen molar-refractivity contribution in [1.82, 2.24) is 9.78 Å². The Morgan fingerprint density at radius 3 is 2.56 bits per heavy atom. The summed E-state index contributed by atoms with van der Waals surface area (Å²) in [6, 6.07) is 23.3. The van der Waals surface area contributed by atoms with Crippen molar-refractivity contribution in [3.05, 3.63) is 90.6 Å². The molecule has 8 heteroatoms. The van der Waals surface area contributed by atoms with Gasteiger partial charge in [0.05, 0.1) is 16.3 Å². The van der Waals surface area contributed by atoms with E-state index in [1.165, 1.54) is 18.2 Å². The van der Waals surface area contributed by atoms with E-state index in [2.05, 4.69) is 4.99 Å². The molecule has 7 nitrogen and oxygen atoms in total. The van der Waals surface area contributed by atoms with Gasteiger partial charge in [-0.3, -0.25) is 4.99 Å². The third kappa shape index (κ3) is 4.11. The second-order valence-electron chi connectivity index (χ2n) is 7.67. The zero-order valence-corrected chi connectivity index (χ0v) is 19.1. The molecule has 0 fully saturated rings. The SMILES string of the molecule is CCS(=O)(=O)c1ccc(O)c(N=Cc2cn(-c3ccccc3)nc2-c2cc3ccccc3o2)c1. The Labute approximate surface area is 196 Å². The Morgan fingerprint density at radius 1 is 1.03 bits per heavy atom. The zero-order chi connectivity index (χ0) is 23.7. The van der Waals surface area contributed by atoms with Crippen molar-refractivity contribution in [2.24, 2.45) is 4.99 Å². The summed E-state index contributed by atoms with van der Waals surface area (Å²) in [7, 11) is -3.43. The molecule has 0 bridgehead atoms. The molecule has 0 unspecified atom stereocenters. The number of aromatic hydroxyl groups is 1. The summed E-state index contributed by atoms with van der Waals surface area (Å²) in [5.41, 5.74) is 2.97. The lowest BCUT2D eigenvalue weighted by Gasteiger charge is -2.04. The minimum Gasteiger partial charge on any atom is -0.506 e. The number of benzene rings is 3. The minimum atomic E-state index is -3.43. The quantitative estimate of drug-likeness (QED) is 0.328. The van der Waals surface area contributed by atoms with Gasteiger partial charge in [-0.2, -0.15) is 5.10 Å². The highest BCUT2D eigenvalue weighted by Gasteiger charge is 2.17. The third-order valence-corrected chi connectivity index (χ3v) is 7.18. The van der Waals surface area contributed by atoms with Gasteiger partial charge in [0.15, 0.2) is 15.6 Å². The number of phenolic OH excluding ortho intramolecular Hbond substituents is 1. The van der Waals surface area contributed by atoms with Gasteiger partial charge in [-0.25, -0.2) is 13.1 Å². The Balaban J connectivity index is 1.61. The first-order chi connectivity index (χ1) is 16.4. The molecule has 0 atom stereocenters. The minimum absolute atomic E-state index is 0.0407. The number of furan rings is 1. The fourth-order valence-electron chi connectivity index (χ4n) is 3.59. The third-order valence-electron chi connectivity index (χ3n) is 5.45. The van der Waals surface area contributed by atoms with Crippen LogP contribution in [0.4, 0.5) is 5.69 Å². The normalized spacial score (nSPS) is 12.0. The van der Waals surface area contributed by atoms with E-state index >= 15 is 0 Å². The summed E-state index contributed by atoms with van der Waals surface area (Å²) in [6.45, 7) is 1.57. The molecule has 2 aromatic heterocycles. The van der Waals surface area contributed by atoms with E-state index in [1.54, 1.807) is 17.8 Å². The van der Waals surface area contributed by atoms with Crippen LogP contribution in [0.15, 0.2) is 99.4 Å². The fourth-order valence-corrected chi connectivity index (χ4v) is 4.49. The van der Waals surface area contributed by atoms with E-state index in [0.717, 1.165) is 16.7 Å². The lowest BCUT2D eigenvalue weighted by Crippen LogP contribution is -2.03. The molecular formula is C26H21N3O4S. The summed E-state index contributed by atoms with van der Waals surface area (Å²) < 4.78 is 32.3. The van der Waals surface area contributed by atoms with Crippen LogP contribution in [-0.2, 0) is 9.84 Å². The molecule has 0 spiro atoms. The summed E-state index contributed by atoms with van der Waals surface area (Å²) in [5, 5.41) is 15.9. The van der Waals surface area contributed by atoms with E-state index in [4.69, 9.17) is 9.52 Å². The highest BCUT2D eigenvalue weighted by atomic mass is 32.2. The molecule has 1 N–H and O–H groups in total. The number of phenols is 1. The maximum absolute atomic E-state index is 12.3. The molecule has 0 radical (unpaired) electrons. The van der Waals surface area contributed by atoms with Crippen molar-refractivity contribution < 1.29 is 17.9 Å². The number of para-hydroxylation sites is 2. The number of hydrogen-bond donors (Lipinski definition) is 1. The first-order valence-electron chi connectivity index (χ1n) is 10.7. The molecule has 170 valence electrons. The van der Waals surface area contributed by atoms with Crippen LogP contribution < -0.4 is 0 Å². The predicted octanol–water partition coefficient (Wildman–Crippen LogP) is 5.54. The van der Waals surface area contributed by atoms with E-state index < -0.39 is 9.84 Å². The van der Waals surface area contributed by atoms with Crippen molar-refractivity contribution in [3.8, 4) is 22.9 Å².